The van der Waals surface area contributed by atoms with E-state index in [0.717, 1.165) is 25.2 Å². The second-order valence-electron chi connectivity index (χ2n) is 4.88. The Hall–Kier alpha value is -0.940. The number of β-amino-alcohol motifs (C(OH)–C–C–N with tert-alkyl or cyclic N) is 1. The van der Waals surface area contributed by atoms with Crippen LogP contribution in [-0.4, -0.2) is 39.3 Å². The van der Waals surface area contributed by atoms with Gasteiger partial charge < -0.3 is 9.63 Å². The zero-order valence-electron chi connectivity index (χ0n) is 9.89. The average Bonchev–Trinajstić information content (AvgIpc) is 2.76. The zero-order chi connectivity index (χ0) is 11.5. The van der Waals surface area contributed by atoms with Crippen molar-refractivity contribution in [2.75, 3.05) is 13.1 Å². The summed E-state index contributed by atoms with van der Waals surface area (Å²) in [6.07, 6.45) is 1.50. The molecule has 1 aromatic heterocycles. The molecule has 0 aromatic carbocycles. The van der Waals surface area contributed by atoms with Crippen molar-refractivity contribution in [1.29, 1.82) is 0 Å². The maximum atomic E-state index is 9.39. The molecule has 90 valence electrons. The van der Waals surface area contributed by atoms with Crippen molar-refractivity contribution in [2.24, 2.45) is 5.92 Å². The molecule has 0 saturated carbocycles. The predicted molar refractivity (Wildman–Crippen MR) is 58.7 cm³/mol. The van der Waals surface area contributed by atoms with Gasteiger partial charge in [0.1, 0.15) is 0 Å². The first-order valence-corrected chi connectivity index (χ1v) is 5.85. The highest BCUT2D eigenvalue weighted by Crippen LogP contribution is 2.13. The van der Waals surface area contributed by atoms with E-state index >= 15 is 0 Å². The molecule has 0 aliphatic carbocycles. The smallest absolute Gasteiger partial charge is 0.240 e. The summed E-state index contributed by atoms with van der Waals surface area (Å²) in [5.41, 5.74) is 0. The Morgan fingerprint density at radius 3 is 3.00 bits per heavy atom. The third kappa shape index (κ3) is 3.02. The Morgan fingerprint density at radius 2 is 2.38 bits per heavy atom. The Balaban J connectivity index is 1.87. The summed E-state index contributed by atoms with van der Waals surface area (Å²) in [5.74, 6) is 1.98. The van der Waals surface area contributed by atoms with Crippen LogP contribution in [0.1, 0.15) is 32.0 Å². The van der Waals surface area contributed by atoms with Gasteiger partial charge in [0.2, 0.25) is 5.89 Å². The monoisotopic (exact) mass is 225 g/mol. The first-order chi connectivity index (χ1) is 7.63. The lowest BCUT2D eigenvalue weighted by atomic mass is 10.1. The standard InChI is InChI=1S/C11H19N3O2/c1-8(2)5-10-12-11(16-13-10)7-14-4-3-9(15)6-14/h8-9,15H,3-7H2,1-2H3. The van der Waals surface area contributed by atoms with Crippen molar-refractivity contribution in [1.82, 2.24) is 15.0 Å². The van der Waals surface area contributed by atoms with Crippen LogP contribution in [0.5, 0.6) is 0 Å². The molecule has 5 heteroatoms. The van der Waals surface area contributed by atoms with Crippen molar-refractivity contribution < 1.29 is 9.63 Å². The molecular formula is C11H19N3O2. The van der Waals surface area contributed by atoms with Crippen molar-refractivity contribution in [3.8, 4) is 0 Å². The van der Waals surface area contributed by atoms with Crippen molar-refractivity contribution in [3.63, 3.8) is 0 Å². The normalized spacial score (nSPS) is 22.1. The average molecular weight is 225 g/mol. The van der Waals surface area contributed by atoms with E-state index in [1.165, 1.54) is 0 Å². The number of hydrogen-bond donors (Lipinski definition) is 1. The molecule has 2 rings (SSSR count). The molecule has 1 saturated heterocycles. The number of hydrogen-bond acceptors (Lipinski definition) is 5. The first kappa shape index (κ1) is 11.5. The van der Waals surface area contributed by atoms with Crippen LogP contribution in [0.4, 0.5) is 0 Å². The lowest BCUT2D eigenvalue weighted by molar-refractivity contribution is 0.169. The summed E-state index contributed by atoms with van der Waals surface area (Å²) in [6.45, 7) is 6.53. The highest BCUT2D eigenvalue weighted by Gasteiger charge is 2.22. The Morgan fingerprint density at radius 1 is 1.56 bits per heavy atom. The summed E-state index contributed by atoms with van der Waals surface area (Å²) in [7, 11) is 0. The minimum absolute atomic E-state index is 0.196. The number of likely N-dealkylation sites (tertiary alicyclic amines) is 1. The first-order valence-electron chi connectivity index (χ1n) is 5.85. The van der Waals surface area contributed by atoms with Gasteiger partial charge in [0.15, 0.2) is 5.82 Å². The van der Waals surface area contributed by atoms with E-state index in [2.05, 4.69) is 28.9 Å². The fourth-order valence-corrected chi connectivity index (χ4v) is 1.95. The van der Waals surface area contributed by atoms with Crippen LogP contribution < -0.4 is 0 Å². The topological polar surface area (TPSA) is 62.4 Å². The Kier molecular flexibility index (Phi) is 3.56. The maximum Gasteiger partial charge on any atom is 0.240 e. The molecular weight excluding hydrogens is 206 g/mol. The molecule has 1 atom stereocenters. The van der Waals surface area contributed by atoms with E-state index < -0.39 is 0 Å². The van der Waals surface area contributed by atoms with Crippen LogP contribution in [0.2, 0.25) is 0 Å². The van der Waals surface area contributed by atoms with Crippen LogP contribution in [0, 0.1) is 5.92 Å². The quantitative estimate of drug-likeness (QED) is 0.822. The molecule has 0 spiro atoms. The van der Waals surface area contributed by atoms with E-state index in [1.54, 1.807) is 0 Å². The summed E-state index contributed by atoms with van der Waals surface area (Å²) < 4.78 is 5.18. The maximum absolute atomic E-state index is 9.39. The second-order valence-corrected chi connectivity index (χ2v) is 4.88. The second kappa shape index (κ2) is 4.93. The van der Waals surface area contributed by atoms with E-state index in [-0.39, 0.29) is 6.10 Å². The molecule has 5 nitrogen and oxygen atoms in total. The van der Waals surface area contributed by atoms with Gasteiger partial charge in [0.05, 0.1) is 12.6 Å². The van der Waals surface area contributed by atoms with Gasteiger partial charge in [-0.25, -0.2) is 0 Å². The number of aliphatic hydroxyl groups is 1. The van der Waals surface area contributed by atoms with Gasteiger partial charge in [-0.2, -0.15) is 4.98 Å². The SMILES string of the molecule is CC(C)Cc1noc(CN2CCC(O)C2)n1. The largest absolute Gasteiger partial charge is 0.392 e. The van der Waals surface area contributed by atoms with Crippen molar-refractivity contribution in [2.45, 2.75) is 39.3 Å². The van der Waals surface area contributed by atoms with Crippen LogP contribution >= 0.6 is 0 Å². The molecule has 0 bridgehead atoms. The predicted octanol–water partition coefficient (Wildman–Crippen LogP) is 0.835. The molecule has 1 N–H and O–H groups in total. The van der Waals surface area contributed by atoms with Crippen molar-refractivity contribution >= 4 is 0 Å². The van der Waals surface area contributed by atoms with Gasteiger partial charge in [-0.15, -0.1) is 0 Å². The molecule has 2 heterocycles. The van der Waals surface area contributed by atoms with Crippen molar-refractivity contribution in [3.05, 3.63) is 11.7 Å². The van der Waals surface area contributed by atoms with Crippen LogP contribution in [0.15, 0.2) is 4.52 Å². The highest BCUT2D eigenvalue weighted by molar-refractivity contribution is 4.88. The zero-order valence-corrected chi connectivity index (χ0v) is 9.89. The minimum atomic E-state index is -0.196. The molecule has 1 aromatic rings. The highest BCUT2D eigenvalue weighted by atomic mass is 16.5. The molecule has 1 aliphatic heterocycles. The lowest BCUT2D eigenvalue weighted by Gasteiger charge is -2.10. The van der Waals surface area contributed by atoms with Gasteiger partial charge in [-0.05, 0) is 12.3 Å². The molecule has 0 radical (unpaired) electrons. The van der Waals surface area contributed by atoms with E-state index in [4.69, 9.17) is 4.52 Å². The molecule has 1 unspecified atom stereocenters. The molecule has 0 amide bonds. The Bertz CT molecular complexity index is 338. The number of nitrogens with zero attached hydrogens (tertiary/aromatic N) is 3. The van der Waals surface area contributed by atoms with E-state index in [1.807, 2.05) is 0 Å². The van der Waals surface area contributed by atoms with Gasteiger partial charge in [-0.3, -0.25) is 4.90 Å². The number of rotatable bonds is 4. The molecule has 1 aliphatic rings. The van der Waals surface area contributed by atoms with Gasteiger partial charge in [0.25, 0.3) is 0 Å². The minimum Gasteiger partial charge on any atom is -0.392 e. The van der Waals surface area contributed by atoms with E-state index in [9.17, 15) is 5.11 Å². The van der Waals surface area contributed by atoms with Crippen LogP contribution in [0.25, 0.3) is 0 Å². The van der Waals surface area contributed by atoms with Gasteiger partial charge >= 0.3 is 0 Å². The van der Waals surface area contributed by atoms with Gasteiger partial charge in [0, 0.05) is 19.5 Å². The summed E-state index contributed by atoms with van der Waals surface area (Å²) in [6, 6.07) is 0. The fourth-order valence-electron chi connectivity index (χ4n) is 1.95. The third-order valence-corrected chi connectivity index (χ3v) is 2.71. The Labute approximate surface area is 95.4 Å². The molecule has 16 heavy (non-hydrogen) atoms. The lowest BCUT2D eigenvalue weighted by Crippen LogP contribution is -2.21. The summed E-state index contributed by atoms with van der Waals surface area (Å²) >= 11 is 0. The van der Waals surface area contributed by atoms with Gasteiger partial charge in [-0.1, -0.05) is 19.0 Å². The van der Waals surface area contributed by atoms with E-state index in [0.29, 0.717) is 24.9 Å². The van der Waals surface area contributed by atoms with Crippen LogP contribution in [0.3, 0.4) is 0 Å². The van der Waals surface area contributed by atoms with Crippen LogP contribution in [-0.2, 0) is 13.0 Å². The third-order valence-electron chi connectivity index (χ3n) is 2.71. The fraction of sp³-hybridized carbons (Fsp3) is 0.818. The summed E-state index contributed by atoms with van der Waals surface area (Å²) in [4.78, 5) is 6.47. The number of aromatic nitrogens is 2. The number of aliphatic hydroxyl groups excluding tert-OH is 1. The molecule has 1 fully saturated rings. The summed E-state index contributed by atoms with van der Waals surface area (Å²) in [5, 5.41) is 13.3.